The van der Waals surface area contributed by atoms with Gasteiger partial charge in [0.05, 0.1) is 12.0 Å². The molecule has 3 heterocycles. The van der Waals surface area contributed by atoms with Crippen molar-refractivity contribution in [3.8, 4) is 0 Å². The second kappa shape index (κ2) is 7.91. The Morgan fingerprint density at radius 2 is 1.76 bits per heavy atom. The van der Waals surface area contributed by atoms with Gasteiger partial charge in [-0.1, -0.05) is 11.6 Å². The number of esters is 1. The van der Waals surface area contributed by atoms with E-state index < -0.39 is 5.97 Å². The minimum absolute atomic E-state index is 0.298. The third-order valence-electron chi connectivity index (χ3n) is 5.07. The van der Waals surface area contributed by atoms with Crippen molar-refractivity contribution in [2.45, 2.75) is 20.8 Å². The molecule has 4 rings (SSSR count). The van der Waals surface area contributed by atoms with E-state index in [1.54, 1.807) is 13.8 Å². The summed E-state index contributed by atoms with van der Waals surface area (Å²) in [5, 5.41) is 1.36. The first-order valence-corrected chi connectivity index (χ1v) is 10.1. The van der Waals surface area contributed by atoms with E-state index in [1.165, 1.54) is 0 Å². The monoisotopic (exact) mass is 414 g/mol. The van der Waals surface area contributed by atoms with Crippen LogP contribution < -0.4 is 9.80 Å². The van der Waals surface area contributed by atoms with E-state index in [9.17, 15) is 4.79 Å². The van der Waals surface area contributed by atoms with Crippen LogP contribution in [0.3, 0.4) is 0 Å². The number of piperazine rings is 1. The van der Waals surface area contributed by atoms with Gasteiger partial charge in [0.15, 0.2) is 0 Å². The van der Waals surface area contributed by atoms with Gasteiger partial charge < -0.3 is 19.0 Å². The van der Waals surface area contributed by atoms with Crippen molar-refractivity contribution in [2.24, 2.45) is 0 Å². The van der Waals surface area contributed by atoms with Gasteiger partial charge in [0.1, 0.15) is 23.0 Å². The smallest absolute Gasteiger partial charge is 0.342 e. The topological polar surface area (TPSA) is 71.7 Å². The maximum absolute atomic E-state index is 12.5. The van der Waals surface area contributed by atoms with Crippen molar-refractivity contribution in [1.82, 2.24) is 9.97 Å². The number of ether oxygens (including phenoxy) is 1. The third kappa shape index (κ3) is 3.74. The van der Waals surface area contributed by atoms with E-state index in [2.05, 4.69) is 19.8 Å². The van der Waals surface area contributed by atoms with Crippen LogP contribution in [0, 0.1) is 13.8 Å². The van der Waals surface area contributed by atoms with E-state index in [-0.39, 0.29) is 0 Å². The van der Waals surface area contributed by atoms with Gasteiger partial charge in [-0.2, -0.15) is 4.98 Å². The van der Waals surface area contributed by atoms with Gasteiger partial charge in [0.2, 0.25) is 5.71 Å². The van der Waals surface area contributed by atoms with Crippen LogP contribution in [-0.2, 0) is 4.74 Å². The third-order valence-corrected chi connectivity index (χ3v) is 5.32. The summed E-state index contributed by atoms with van der Waals surface area (Å²) >= 11 is 6.00. The first-order valence-electron chi connectivity index (χ1n) is 9.68. The maximum atomic E-state index is 12.5. The normalized spacial score (nSPS) is 14.5. The lowest BCUT2D eigenvalue weighted by molar-refractivity contribution is 0.0526. The number of benzene rings is 1. The molecule has 0 aliphatic carbocycles. The highest BCUT2D eigenvalue weighted by atomic mass is 35.5. The van der Waals surface area contributed by atoms with E-state index in [1.807, 2.05) is 31.2 Å². The molecule has 0 N–H and O–H groups in total. The molecule has 1 aromatic carbocycles. The number of hydrogen-bond acceptors (Lipinski definition) is 7. The lowest BCUT2D eigenvalue weighted by Gasteiger charge is -2.37. The first-order chi connectivity index (χ1) is 14.0. The predicted molar refractivity (Wildman–Crippen MR) is 113 cm³/mol. The Bertz CT molecular complexity index is 1040. The molecule has 0 spiro atoms. The number of carbonyl (C=O) groups excluding carboxylic acids is 1. The van der Waals surface area contributed by atoms with Crippen molar-refractivity contribution >= 4 is 40.2 Å². The van der Waals surface area contributed by atoms with Crippen molar-refractivity contribution in [3.63, 3.8) is 0 Å². The zero-order valence-electron chi connectivity index (χ0n) is 16.7. The summed E-state index contributed by atoms with van der Waals surface area (Å²) in [6, 6.07) is 7.87. The molecule has 1 aliphatic heterocycles. The fraction of sp³-hybridized carbons (Fsp3) is 0.381. The average molecular weight is 415 g/mol. The summed E-state index contributed by atoms with van der Waals surface area (Å²) in [5.74, 6) is 1.43. The van der Waals surface area contributed by atoms with Gasteiger partial charge >= 0.3 is 5.97 Å². The first kappa shape index (κ1) is 19.5. The quantitative estimate of drug-likeness (QED) is 0.597. The fourth-order valence-corrected chi connectivity index (χ4v) is 3.83. The summed E-state index contributed by atoms with van der Waals surface area (Å²) < 4.78 is 11.0. The summed E-state index contributed by atoms with van der Waals surface area (Å²) in [4.78, 5) is 26.1. The van der Waals surface area contributed by atoms with Crippen LogP contribution in [0.15, 0.2) is 28.7 Å². The van der Waals surface area contributed by atoms with E-state index >= 15 is 0 Å². The van der Waals surface area contributed by atoms with Gasteiger partial charge in [0.25, 0.3) is 0 Å². The number of aromatic nitrogens is 2. The molecule has 0 atom stereocenters. The number of anilines is 2. The van der Waals surface area contributed by atoms with Gasteiger partial charge in [-0.25, -0.2) is 9.78 Å². The number of rotatable bonds is 4. The van der Waals surface area contributed by atoms with Crippen molar-refractivity contribution in [1.29, 1.82) is 0 Å². The SMILES string of the molecule is CCOC(=O)c1c(C)oc2nc(C)nc(N3CCN(c4ccc(Cl)cc4)CC3)c12. The highest BCUT2D eigenvalue weighted by molar-refractivity contribution is 6.30. The minimum atomic E-state index is -0.405. The predicted octanol–water partition coefficient (Wildman–Crippen LogP) is 4.00. The molecule has 29 heavy (non-hydrogen) atoms. The van der Waals surface area contributed by atoms with Crippen LogP contribution in [0.2, 0.25) is 5.02 Å². The Labute approximate surface area is 174 Å². The lowest BCUT2D eigenvalue weighted by atomic mass is 10.1. The van der Waals surface area contributed by atoms with Crippen molar-refractivity contribution < 1.29 is 13.9 Å². The molecule has 0 radical (unpaired) electrons. The highest BCUT2D eigenvalue weighted by Gasteiger charge is 2.28. The van der Waals surface area contributed by atoms with Crippen molar-refractivity contribution in [2.75, 3.05) is 42.6 Å². The minimum Gasteiger partial charge on any atom is -0.462 e. The summed E-state index contributed by atoms with van der Waals surface area (Å²) in [6.07, 6.45) is 0. The second-order valence-electron chi connectivity index (χ2n) is 6.98. The molecule has 0 saturated carbocycles. The number of carbonyl (C=O) groups is 1. The molecular weight excluding hydrogens is 392 g/mol. The number of furan rings is 1. The standard InChI is InChI=1S/C21H23ClN4O3/c1-4-28-21(27)17-13(2)29-20-18(17)19(23-14(3)24-20)26-11-9-25(10-12-26)16-7-5-15(22)6-8-16/h5-8H,4,9-12H2,1-3H3. The number of nitrogens with zero attached hydrogens (tertiary/aromatic N) is 4. The van der Waals surface area contributed by atoms with Gasteiger partial charge in [-0.15, -0.1) is 0 Å². The van der Waals surface area contributed by atoms with E-state index in [4.69, 9.17) is 20.8 Å². The Balaban J connectivity index is 1.65. The van der Waals surface area contributed by atoms with Gasteiger partial charge in [-0.3, -0.25) is 0 Å². The van der Waals surface area contributed by atoms with E-state index in [0.29, 0.717) is 34.9 Å². The number of aryl methyl sites for hydroxylation is 2. The molecule has 0 bridgehead atoms. The zero-order valence-corrected chi connectivity index (χ0v) is 17.5. The zero-order chi connectivity index (χ0) is 20.5. The summed E-state index contributed by atoms with van der Waals surface area (Å²) in [5.41, 5.74) is 1.98. The Hall–Kier alpha value is -2.80. The fourth-order valence-electron chi connectivity index (χ4n) is 3.70. The van der Waals surface area contributed by atoms with Crippen LogP contribution in [-0.4, -0.2) is 48.7 Å². The molecule has 152 valence electrons. The molecule has 3 aromatic rings. The maximum Gasteiger partial charge on any atom is 0.342 e. The molecule has 1 fully saturated rings. The Kier molecular flexibility index (Phi) is 5.32. The average Bonchev–Trinajstić information content (AvgIpc) is 3.04. The highest BCUT2D eigenvalue weighted by Crippen LogP contribution is 2.33. The molecule has 0 unspecified atom stereocenters. The largest absolute Gasteiger partial charge is 0.462 e. The number of fused-ring (bicyclic) bond motifs is 1. The van der Waals surface area contributed by atoms with Crippen LogP contribution in [0.1, 0.15) is 28.9 Å². The molecule has 1 saturated heterocycles. The Morgan fingerprint density at radius 1 is 1.10 bits per heavy atom. The number of halogens is 1. The molecule has 2 aromatic heterocycles. The van der Waals surface area contributed by atoms with E-state index in [0.717, 1.165) is 42.7 Å². The lowest BCUT2D eigenvalue weighted by Crippen LogP contribution is -2.47. The molecule has 1 aliphatic rings. The number of hydrogen-bond donors (Lipinski definition) is 0. The van der Waals surface area contributed by atoms with Crippen LogP contribution in [0.5, 0.6) is 0 Å². The van der Waals surface area contributed by atoms with Gasteiger partial charge in [-0.05, 0) is 45.0 Å². The molecule has 8 heteroatoms. The second-order valence-corrected chi connectivity index (χ2v) is 7.42. The summed E-state index contributed by atoms with van der Waals surface area (Å²) in [7, 11) is 0. The summed E-state index contributed by atoms with van der Waals surface area (Å²) in [6.45, 7) is 8.86. The molecule has 0 amide bonds. The van der Waals surface area contributed by atoms with Crippen molar-refractivity contribution in [3.05, 3.63) is 46.4 Å². The Morgan fingerprint density at radius 3 is 2.41 bits per heavy atom. The van der Waals surface area contributed by atoms with Crippen LogP contribution >= 0.6 is 11.6 Å². The van der Waals surface area contributed by atoms with Crippen LogP contribution in [0.25, 0.3) is 11.1 Å². The van der Waals surface area contributed by atoms with Gasteiger partial charge in [0, 0.05) is 36.9 Å². The van der Waals surface area contributed by atoms with Crippen LogP contribution in [0.4, 0.5) is 11.5 Å². The molecule has 7 nitrogen and oxygen atoms in total. The molecular formula is C21H23ClN4O3.